The maximum absolute atomic E-state index is 11.9. The Morgan fingerprint density at radius 3 is 2.50 bits per heavy atom. The number of hydrogen-bond acceptors (Lipinski definition) is 4. The summed E-state index contributed by atoms with van der Waals surface area (Å²) < 4.78 is 5.40. The van der Waals surface area contributed by atoms with Gasteiger partial charge in [-0.05, 0) is 46.8 Å². The third-order valence-electron chi connectivity index (χ3n) is 3.23. The molecule has 4 heteroatoms. The average Bonchev–Trinajstić information content (AvgIpc) is 2.27. The van der Waals surface area contributed by atoms with Crippen molar-refractivity contribution in [3.8, 4) is 0 Å². The minimum atomic E-state index is -0.404. The topological polar surface area (TPSA) is 38.3 Å². The van der Waals surface area contributed by atoms with Gasteiger partial charge in [0.1, 0.15) is 11.6 Å². The van der Waals surface area contributed by atoms with Crippen molar-refractivity contribution in [2.24, 2.45) is 0 Å². The van der Waals surface area contributed by atoms with Crippen molar-refractivity contribution in [3.63, 3.8) is 0 Å². The number of hydrogen-bond donors (Lipinski definition) is 1. The normalized spacial score (nSPS) is 26.7. The van der Waals surface area contributed by atoms with Crippen molar-refractivity contribution in [2.45, 2.75) is 76.3 Å². The minimum Gasteiger partial charge on any atom is -0.459 e. The molecule has 3 unspecified atom stereocenters. The van der Waals surface area contributed by atoms with Gasteiger partial charge in [-0.15, -0.1) is 0 Å². The van der Waals surface area contributed by atoms with Crippen molar-refractivity contribution in [3.05, 3.63) is 0 Å². The highest BCUT2D eigenvalue weighted by atomic mass is 32.2. The van der Waals surface area contributed by atoms with Crippen LogP contribution in [0.3, 0.4) is 0 Å². The fourth-order valence-electron chi connectivity index (χ4n) is 2.35. The number of thioether (sulfide) groups is 1. The molecular weight excluding hydrogens is 246 g/mol. The molecule has 3 atom stereocenters. The number of nitrogens with one attached hydrogen (secondary N) is 1. The third kappa shape index (κ3) is 5.19. The Labute approximate surface area is 115 Å². The van der Waals surface area contributed by atoms with E-state index in [9.17, 15) is 4.79 Å². The lowest BCUT2D eigenvalue weighted by Crippen LogP contribution is -2.49. The Bertz CT molecular complexity index is 275. The first-order chi connectivity index (χ1) is 8.33. The average molecular weight is 273 g/mol. The summed E-state index contributed by atoms with van der Waals surface area (Å²) in [5.74, 6) is -0.145. The zero-order valence-corrected chi connectivity index (χ0v) is 13.1. The van der Waals surface area contributed by atoms with Gasteiger partial charge in [-0.25, -0.2) is 0 Å². The maximum atomic E-state index is 11.9. The Morgan fingerprint density at radius 1 is 1.33 bits per heavy atom. The largest absolute Gasteiger partial charge is 0.459 e. The first-order valence-corrected chi connectivity index (χ1v) is 8.14. The summed E-state index contributed by atoms with van der Waals surface area (Å²) >= 11 is 1.91. The predicted octanol–water partition coefficient (Wildman–Crippen LogP) is 2.98. The molecule has 0 spiro atoms. The van der Waals surface area contributed by atoms with Crippen LogP contribution in [0.15, 0.2) is 0 Å². The van der Waals surface area contributed by atoms with Crippen molar-refractivity contribution >= 4 is 17.7 Å². The van der Waals surface area contributed by atoms with E-state index in [2.05, 4.69) is 11.6 Å². The maximum Gasteiger partial charge on any atom is 0.323 e. The highest BCUT2D eigenvalue weighted by Crippen LogP contribution is 2.27. The van der Waals surface area contributed by atoms with Gasteiger partial charge < -0.3 is 10.1 Å². The second-order valence-electron chi connectivity index (χ2n) is 6.09. The van der Waals surface area contributed by atoms with E-state index < -0.39 is 5.60 Å². The zero-order chi connectivity index (χ0) is 13.8. The number of ether oxygens (including phenoxy) is 1. The van der Waals surface area contributed by atoms with Crippen LogP contribution in [-0.2, 0) is 9.53 Å². The Balaban J connectivity index is 2.47. The van der Waals surface area contributed by atoms with Gasteiger partial charge in [-0.2, -0.15) is 11.8 Å². The van der Waals surface area contributed by atoms with E-state index in [0.29, 0.717) is 11.3 Å². The van der Waals surface area contributed by atoms with Gasteiger partial charge in [0.2, 0.25) is 0 Å². The Hall–Kier alpha value is -0.220. The van der Waals surface area contributed by atoms with Crippen molar-refractivity contribution in [2.75, 3.05) is 6.26 Å². The van der Waals surface area contributed by atoms with Crippen LogP contribution in [-0.4, -0.2) is 35.2 Å². The highest BCUT2D eigenvalue weighted by Gasteiger charge is 2.29. The van der Waals surface area contributed by atoms with Gasteiger partial charge in [-0.1, -0.05) is 12.8 Å². The van der Waals surface area contributed by atoms with E-state index in [1.165, 1.54) is 25.7 Å². The summed E-state index contributed by atoms with van der Waals surface area (Å²) in [6.45, 7) is 7.62. The molecule has 0 aromatic heterocycles. The summed E-state index contributed by atoms with van der Waals surface area (Å²) in [6, 6.07) is 0.221. The van der Waals surface area contributed by atoms with Crippen molar-refractivity contribution < 1.29 is 9.53 Å². The number of carbonyl (C=O) groups excluding carboxylic acids is 1. The van der Waals surface area contributed by atoms with Crippen LogP contribution < -0.4 is 5.32 Å². The highest BCUT2D eigenvalue weighted by molar-refractivity contribution is 7.99. The molecule has 0 aliphatic heterocycles. The van der Waals surface area contributed by atoms with Crippen LogP contribution in [0, 0.1) is 0 Å². The number of esters is 1. The molecule has 1 rings (SSSR count). The standard InChI is InChI=1S/C14H27NO2S/c1-10(13(16)17-14(2,3)4)15-11-8-6-7-9-12(11)18-5/h10-12,15H,6-9H2,1-5H3. The fourth-order valence-corrected chi connectivity index (χ4v) is 3.29. The van der Waals surface area contributed by atoms with E-state index in [4.69, 9.17) is 4.74 Å². The molecule has 1 fully saturated rings. The molecule has 1 N–H and O–H groups in total. The molecule has 0 radical (unpaired) electrons. The van der Waals surface area contributed by atoms with E-state index in [1.54, 1.807) is 0 Å². The second kappa shape index (κ2) is 6.80. The molecule has 0 aromatic rings. The number of rotatable bonds is 4. The van der Waals surface area contributed by atoms with Gasteiger partial charge >= 0.3 is 5.97 Å². The second-order valence-corrected chi connectivity index (χ2v) is 7.16. The first kappa shape index (κ1) is 15.8. The van der Waals surface area contributed by atoms with Crippen LogP contribution in [0.25, 0.3) is 0 Å². The summed E-state index contributed by atoms with van der Waals surface area (Å²) in [5, 5.41) is 4.08. The number of carbonyl (C=O) groups is 1. The van der Waals surface area contributed by atoms with E-state index >= 15 is 0 Å². The molecule has 0 amide bonds. The summed E-state index contributed by atoms with van der Waals surface area (Å²) in [7, 11) is 0. The van der Waals surface area contributed by atoms with Crippen molar-refractivity contribution in [1.82, 2.24) is 5.32 Å². The molecular formula is C14H27NO2S. The fraction of sp³-hybridized carbons (Fsp3) is 0.929. The molecule has 1 saturated carbocycles. The van der Waals surface area contributed by atoms with Gasteiger partial charge in [0.05, 0.1) is 0 Å². The predicted molar refractivity (Wildman–Crippen MR) is 78.0 cm³/mol. The first-order valence-electron chi connectivity index (χ1n) is 6.85. The van der Waals surface area contributed by atoms with Crippen LogP contribution >= 0.6 is 11.8 Å². The van der Waals surface area contributed by atoms with E-state index in [-0.39, 0.29) is 12.0 Å². The minimum absolute atomic E-state index is 0.145. The van der Waals surface area contributed by atoms with E-state index in [1.807, 2.05) is 39.5 Å². The molecule has 3 nitrogen and oxygen atoms in total. The van der Waals surface area contributed by atoms with Crippen LogP contribution in [0.1, 0.15) is 53.4 Å². The SMILES string of the molecule is CSC1CCCCC1NC(C)C(=O)OC(C)(C)C. The monoisotopic (exact) mass is 273 g/mol. The lowest BCUT2D eigenvalue weighted by Gasteiger charge is -2.33. The summed E-state index contributed by atoms with van der Waals surface area (Å²) in [4.78, 5) is 11.9. The third-order valence-corrected chi connectivity index (χ3v) is 4.40. The van der Waals surface area contributed by atoms with Gasteiger partial charge in [0, 0.05) is 11.3 Å². The molecule has 0 heterocycles. The van der Waals surface area contributed by atoms with Gasteiger partial charge in [0.25, 0.3) is 0 Å². The quantitative estimate of drug-likeness (QED) is 0.799. The smallest absolute Gasteiger partial charge is 0.323 e. The summed E-state index contributed by atoms with van der Waals surface area (Å²) in [6.07, 6.45) is 7.14. The lowest BCUT2D eigenvalue weighted by atomic mass is 9.94. The van der Waals surface area contributed by atoms with Crippen molar-refractivity contribution in [1.29, 1.82) is 0 Å². The Kier molecular flexibility index (Phi) is 5.99. The lowest BCUT2D eigenvalue weighted by molar-refractivity contribution is -0.157. The van der Waals surface area contributed by atoms with Crippen LogP contribution in [0.2, 0.25) is 0 Å². The van der Waals surface area contributed by atoms with Crippen LogP contribution in [0.5, 0.6) is 0 Å². The van der Waals surface area contributed by atoms with Gasteiger partial charge in [0.15, 0.2) is 0 Å². The Morgan fingerprint density at radius 2 is 1.94 bits per heavy atom. The molecule has 18 heavy (non-hydrogen) atoms. The molecule has 0 saturated heterocycles. The van der Waals surface area contributed by atoms with E-state index in [0.717, 1.165) is 0 Å². The summed E-state index contributed by atoms with van der Waals surface area (Å²) in [5.41, 5.74) is -0.404. The molecule has 1 aliphatic carbocycles. The molecule has 0 bridgehead atoms. The molecule has 106 valence electrons. The zero-order valence-electron chi connectivity index (χ0n) is 12.3. The van der Waals surface area contributed by atoms with Crippen LogP contribution in [0.4, 0.5) is 0 Å². The molecule has 1 aliphatic rings. The van der Waals surface area contributed by atoms with Gasteiger partial charge in [-0.3, -0.25) is 4.79 Å². The molecule has 0 aromatic carbocycles.